The zero-order chi connectivity index (χ0) is 21.0. The summed E-state index contributed by atoms with van der Waals surface area (Å²) in [7, 11) is 7.40. The lowest BCUT2D eigenvalue weighted by molar-refractivity contribution is 0.267. The molecule has 1 aliphatic heterocycles. The Balaban J connectivity index is 1.97. The molecule has 0 aromatic heterocycles. The van der Waals surface area contributed by atoms with E-state index in [-0.39, 0.29) is 6.04 Å². The van der Waals surface area contributed by atoms with Crippen molar-refractivity contribution < 1.29 is 14.2 Å². The van der Waals surface area contributed by atoms with Crippen LogP contribution in [0.15, 0.2) is 24.3 Å². The van der Waals surface area contributed by atoms with Crippen LogP contribution in [0.5, 0.6) is 17.2 Å². The van der Waals surface area contributed by atoms with Gasteiger partial charge in [0, 0.05) is 23.7 Å². The van der Waals surface area contributed by atoms with Crippen molar-refractivity contribution in [3.05, 3.63) is 51.0 Å². The Labute approximate surface area is 182 Å². The van der Waals surface area contributed by atoms with Crippen molar-refractivity contribution in [2.24, 2.45) is 0 Å². The number of fused-ring (bicyclic) bond motifs is 1. The summed E-state index contributed by atoms with van der Waals surface area (Å²) in [4.78, 5) is 2.14. The Morgan fingerprint density at radius 3 is 2.52 bits per heavy atom. The van der Waals surface area contributed by atoms with Crippen LogP contribution in [-0.4, -0.2) is 52.9 Å². The van der Waals surface area contributed by atoms with Crippen LogP contribution in [0.2, 0.25) is 10.0 Å². The van der Waals surface area contributed by atoms with Gasteiger partial charge in [-0.25, -0.2) is 0 Å². The maximum absolute atomic E-state index is 6.38. The van der Waals surface area contributed by atoms with Crippen LogP contribution < -0.4 is 19.5 Å². The molecule has 158 valence electrons. The molecule has 2 aromatic carbocycles. The third kappa shape index (κ3) is 5.10. The van der Waals surface area contributed by atoms with Crippen molar-refractivity contribution in [2.45, 2.75) is 18.9 Å². The van der Waals surface area contributed by atoms with Gasteiger partial charge in [-0.05, 0) is 62.3 Å². The highest BCUT2D eigenvalue weighted by Gasteiger charge is 2.27. The molecule has 1 N–H and O–H groups in total. The number of nitrogens with one attached hydrogen (secondary N) is 1. The monoisotopic (exact) mass is 438 g/mol. The summed E-state index contributed by atoms with van der Waals surface area (Å²) in [6.45, 7) is 2.42. The molecule has 1 aliphatic rings. The summed E-state index contributed by atoms with van der Waals surface area (Å²) in [6, 6.07) is 7.64. The molecule has 1 unspecified atom stereocenters. The third-order valence-electron chi connectivity index (χ3n) is 5.04. The Morgan fingerprint density at radius 2 is 1.83 bits per heavy atom. The molecule has 0 amide bonds. The molecule has 3 rings (SSSR count). The van der Waals surface area contributed by atoms with E-state index in [9.17, 15) is 0 Å². The van der Waals surface area contributed by atoms with Gasteiger partial charge in [-0.2, -0.15) is 0 Å². The summed E-state index contributed by atoms with van der Waals surface area (Å²) < 4.78 is 17.2. The van der Waals surface area contributed by atoms with Crippen LogP contribution >= 0.6 is 23.2 Å². The van der Waals surface area contributed by atoms with Crippen molar-refractivity contribution >= 4 is 23.2 Å². The van der Waals surface area contributed by atoms with E-state index in [1.165, 1.54) is 5.56 Å². The predicted molar refractivity (Wildman–Crippen MR) is 118 cm³/mol. The summed E-state index contributed by atoms with van der Waals surface area (Å²) in [6.07, 6.45) is 1.84. The fraction of sp³-hybridized carbons (Fsp3) is 0.455. The normalized spacial score (nSPS) is 15.9. The third-order valence-corrected chi connectivity index (χ3v) is 5.54. The van der Waals surface area contributed by atoms with Gasteiger partial charge in [-0.15, -0.1) is 0 Å². The van der Waals surface area contributed by atoms with Crippen molar-refractivity contribution in [1.29, 1.82) is 0 Å². The zero-order valence-electron chi connectivity index (χ0n) is 17.4. The van der Waals surface area contributed by atoms with Gasteiger partial charge in [0.1, 0.15) is 5.75 Å². The second-order valence-corrected chi connectivity index (χ2v) is 8.20. The molecule has 0 fully saturated rings. The maximum Gasteiger partial charge on any atom is 0.161 e. The van der Waals surface area contributed by atoms with Crippen molar-refractivity contribution in [3.63, 3.8) is 0 Å². The second kappa shape index (κ2) is 9.90. The first-order chi connectivity index (χ1) is 13.9. The summed E-state index contributed by atoms with van der Waals surface area (Å²) in [5.74, 6) is 2.13. The van der Waals surface area contributed by atoms with E-state index in [1.54, 1.807) is 20.3 Å². The number of benzene rings is 2. The molecule has 2 aromatic rings. The molecule has 1 atom stereocenters. The van der Waals surface area contributed by atoms with E-state index in [4.69, 9.17) is 37.4 Å². The number of ether oxygens (including phenoxy) is 3. The molecule has 0 spiro atoms. The highest BCUT2D eigenvalue weighted by Crippen LogP contribution is 2.42. The molecular formula is C22H28Cl2N2O3. The number of nitrogens with zero attached hydrogens (tertiary/aromatic N) is 1. The lowest BCUT2D eigenvalue weighted by Gasteiger charge is -2.30. The van der Waals surface area contributed by atoms with E-state index in [0.717, 1.165) is 48.6 Å². The Morgan fingerprint density at radius 1 is 1.03 bits per heavy atom. The molecule has 0 saturated carbocycles. The Bertz CT molecular complexity index is 858. The molecule has 7 heteroatoms. The summed E-state index contributed by atoms with van der Waals surface area (Å²) >= 11 is 12.7. The molecule has 5 nitrogen and oxygen atoms in total. The van der Waals surface area contributed by atoms with Crippen LogP contribution in [0, 0.1) is 0 Å². The number of hydrogen-bond acceptors (Lipinski definition) is 5. The molecule has 0 bridgehead atoms. The minimum atomic E-state index is -0.0973. The van der Waals surface area contributed by atoms with Gasteiger partial charge < -0.3 is 24.4 Å². The van der Waals surface area contributed by atoms with Gasteiger partial charge >= 0.3 is 0 Å². The minimum absolute atomic E-state index is 0.0973. The standard InChI is InChI=1S/C22H28Cl2N2O3/c1-26(2)8-5-9-29-20-13-16-14(10-19(20)27-3)6-7-25-21(16)17-11-15(23)12-18(24)22(17)28-4/h10-13,21,25H,5-9H2,1-4H3. The number of halogens is 2. The van der Waals surface area contributed by atoms with Gasteiger partial charge in [0.05, 0.1) is 31.9 Å². The quantitative estimate of drug-likeness (QED) is 0.611. The lowest BCUT2D eigenvalue weighted by Crippen LogP contribution is -2.31. The van der Waals surface area contributed by atoms with Gasteiger partial charge in [-0.1, -0.05) is 23.2 Å². The SMILES string of the molecule is COc1cc2c(cc1OCCCN(C)C)C(c1cc(Cl)cc(Cl)c1OC)NCC2. The highest BCUT2D eigenvalue weighted by molar-refractivity contribution is 6.35. The molecule has 0 aliphatic carbocycles. The first kappa shape index (κ1) is 22.0. The van der Waals surface area contributed by atoms with Crippen molar-refractivity contribution in [2.75, 3.05) is 48.0 Å². The van der Waals surface area contributed by atoms with E-state index in [0.29, 0.717) is 22.4 Å². The fourth-order valence-corrected chi connectivity index (χ4v) is 4.27. The molecule has 0 saturated heterocycles. The van der Waals surface area contributed by atoms with Gasteiger partial charge in [0.25, 0.3) is 0 Å². The molecule has 1 heterocycles. The number of hydrogen-bond donors (Lipinski definition) is 1. The maximum atomic E-state index is 6.38. The second-order valence-electron chi connectivity index (χ2n) is 7.35. The van der Waals surface area contributed by atoms with Gasteiger partial charge in [-0.3, -0.25) is 0 Å². The smallest absolute Gasteiger partial charge is 0.161 e. The van der Waals surface area contributed by atoms with Crippen molar-refractivity contribution in [1.82, 2.24) is 10.2 Å². The van der Waals surface area contributed by atoms with Crippen LogP contribution in [0.4, 0.5) is 0 Å². The minimum Gasteiger partial charge on any atom is -0.495 e. The van der Waals surface area contributed by atoms with Gasteiger partial charge in [0.2, 0.25) is 0 Å². The molecule has 29 heavy (non-hydrogen) atoms. The first-order valence-corrected chi connectivity index (χ1v) is 10.4. The van der Waals surface area contributed by atoms with Crippen molar-refractivity contribution in [3.8, 4) is 17.2 Å². The van der Waals surface area contributed by atoms with Crippen LogP contribution in [0.1, 0.15) is 29.2 Å². The summed E-state index contributed by atoms with van der Waals surface area (Å²) in [5.41, 5.74) is 3.25. The van der Waals surface area contributed by atoms with Crippen LogP contribution in [-0.2, 0) is 6.42 Å². The van der Waals surface area contributed by atoms with Crippen LogP contribution in [0.3, 0.4) is 0 Å². The predicted octanol–water partition coefficient (Wildman–Crippen LogP) is 4.58. The average Bonchev–Trinajstić information content (AvgIpc) is 2.69. The summed E-state index contributed by atoms with van der Waals surface area (Å²) in [5, 5.41) is 4.64. The fourth-order valence-electron chi connectivity index (χ4n) is 3.69. The zero-order valence-corrected chi connectivity index (χ0v) is 18.9. The highest BCUT2D eigenvalue weighted by atomic mass is 35.5. The van der Waals surface area contributed by atoms with E-state index < -0.39 is 0 Å². The van der Waals surface area contributed by atoms with Crippen LogP contribution in [0.25, 0.3) is 0 Å². The lowest BCUT2D eigenvalue weighted by atomic mass is 9.89. The average molecular weight is 439 g/mol. The van der Waals surface area contributed by atoms with E-state index in [1.807, 2.05) is 6.07 Å². The number of rotatable bonds is 8. The largest absolute Gasteiger partial charge is 0.495 e. The Hall–Kier alpha value is -1.66. The topological polar surface area (TPSA) is 43.0 Å². The van der Waals surface area contributed by atoms with Gasteiger partial charge in [0.15, 0.2) is 11.5 Å². The molecular weight excluding hydrogens is 411 g/mol. The molecule has 0 radical (unpaired) electrons. The first-order valence-electron chi connectivity index (χ1n) is 9.69. The van der Waals surface area contributed by atoms with E-state index in [2.05, 4.69) is 36.4 Å². The number of methoxy groups -OCH3 is 2. The Kier molecular flexibility index (Phi) is 7.52. The van der Waals surface area contributed by atoms with E-state index >= 15 is 0 Å².